The maximum atomic E-state index is 5.51. The number of thiophene rings is 1. The average Bonchev–Trinajstić information content (AvgIpc) is 3.34. The minimum atomic E-state index is 0.539. The molecule has 0 fully saturated rings. The van der Waals surface area contributed by atoms with Gasteiger partial charge in [-0.25, -0.2) is 4.98 Å². The van der Waals surface area contributed by atoms with Crippen LogP contribution in [0, 0.1) is 0 Å². The van der Waals surface area contributed by atoms with Crippen molar-refractivity contribution in [3.63, 3.8) is 0 Å². The fourth-order valence-electron chi connectivity index (χ4n) is 2.23. The molecule has 0 bridgehead atoms. The summed E-state index contributed by atoms with van der Waals surface area (Å²) in [6.45, 7) is 1.21. The summed E-state index contributed by atoms with van der Waals surface area (Å²) in [5.74, 6) is 2.20. The number of methoxy groups -OCH3 is 1. The summed E-state index contributed by atoms with van der Waals surface area (Å²) >= 11 is 1.60. The first kappa shape index (κ1) is 17.0. The van der Waals surface area contributed by atoms with Crippen LogP contribution in [0.15, 0.2) is 57.5 Å². The van der Waals surface area contributed by atoms with Crippen LogP contribution in [0.1, 0.15) is 11.3 Å². The molecule has 2 aromatic heterocycles. The van der Waals surface area contributed by atoms with Crippen LogP contribution in [0.25, 0.3) is 10.8 Å². The van der Waals surface area contributed by atoms with Crippen molar-refractivity contribution >= 4 is 17.3 Å². The summed E-state index contributed by atoms with van der Waals surface area (Å²) in [6, 6.07) is 11.9. The van der Waals surface area contributed by atoms with E-state index in [1.807, 2.05) is 41.8 Å². The fraction of sp³-hybridized carbons (Fsp3) is 0.222. The van der Waals surface area contributed by atoms with Gasteiger partial charge < -0.3 is 19.8 Å². The molecule has 0 amide bonds. The molecule has 3 aromatic rings. The quantitative estimate of drug-likeness (QED) is 0.524. The van der Waals surface area contributed by atoms with E-state index >= 15 is 0 Å². The lowest BCUT2D eigenvalue weighted by atomic mass is 10.2. The minimum Gasteiger partial charge on any atom is -0.497 e. The first-order chi connectivity index (χ1) is 12.3. The maximum Gasteiger partial charge on any atom is 0.236 e. The van der Waals surface area contributed by atoms with E-state index < -0.39 is 0 Å². The van der Waals surface area contributed by atoms with Gasteiger partial charge in [0.15, 0.2) is 5.96 Å². The van der Waals surface area contributed by atoms with Gasteiger partial charge in [0.2, 0.25) is 5.89 Å². The smallest absolute Gasteiger partial charge is 0.236 e. The van der Waals surface area contributed by atoms with Crippen LogP contribution in [0.2, 0.25) is 0 Å². The van der Waals surface area contributed by atoms with Crippen LogP contribution in [0.4, 0.5) is 0 Å². The Morgan fingerprint density at radius 1 is 1.20 bits per heavy atom. The highest BCUT2D eigenvalue weighted by atomic mass is 32.1. The van der Waals surface area contributed by atoms with Crippen LogP contribution in [-0.2, 0) is 13.1 Å². The molecular formula is C18H20N4O2S. The van der Waals surface area contributed by atoms with Gasteiger partial charge in [-0.1, -0.05) is 18.2 Å². The maximum absolute atomic E-state index is 5.51. The fourth-order valence-corrected chi connectivity index (χ4v) is 2.88. The summed E-state index contributed by atoms with van der Waals surface area (Å²) in [4.78, 5) is 9.72. The monoisotopic (exact) mass is 356 g/mol. The predicted molar refractivity (Wildman–Crippen MR) is 99.8 cm³/mol. The molecule has 0 spiro atoms. The topological polar surface area (TPSA) is 71.7 Å². The molecule has 0 aliphatic heterocycles. The van der Waals surface area contributed by atoms with Crippen molar-refractivity contribution in [3.8, 4) is 16.5 Å². The molecule has 130 valence electrons. The van der Waals surface area contributed by atoms with Gasteiger partial charge in [-0.05, 0) is 29.1 Å². The Bertz CT molecular complexity index is 810. The average molecular weight is 356 g/mol. The van der Waals surface area contributed by atoms with E-state index in [1.54, 1.807) is 31.8 Å². The summed E-state index contributed by atoms with van der Waals surface area (Å²) in [5, 5.41) is 8.50. The Hall–Kier alpha value is -2.80. The number of oxazole rings is 1. The molecule has 6 nitrogen and oxygen atoms in total. The van der Waals surface area contributed by atoms with Crippen molar-refractivity contribution < 1.29 is 9.15 Å². The van der Waals surface area contributed by atoms with Crippen molar-refractivity contribution in [2.75, 3.05) is 14.2 Å². The Balaban J connectivity index is 1.50. The molecule has 1 aromatic carbocycles. The van der Waals surface area contributed by atoms with E-state index in [4.69, 9.17) is 9.15 Å². The van der Waals surface area contributed by atoms with Gasteiger partial charge in [-0.2, -0.15) is 0 Å². The van der Waals surface area contributed by atoms with Crippen molar-refractivity contribution in [1.82, 2.24) is 15.6 Å². The number of nitrogens with zero attached hydrogens (tertiary/aromatic N) is 2. The summed E-state index contributed by atoms with van der Waals surface area (Å²) in [6.07, 6.45) is 1.67. The number of aromatic nitrogens is 1. The molecule has 0 aliphatic rings. The van der Waals surface area contributed by atoms with Gasteiger partial charge in [-0.15, -0.1) is 11.3 Å². The number of benzene rings is 1. The van der Waals surface area contributed by atoms with E-state index in [9.17, 15) is 0 Å². The number of hydrogen-bond acceptors (Lipinski definition) is 5. The zero-order chi connectivity index (χ0) is 17.5. The van der Waals surface area contributed by atoms with E-state index in [2.05, 4.69) is 20.6 Å². The zero-order valence-corrected chi connectivity index (χ0v) is 15.0. The Morgan fingerprint density at radius 3 is 2.68 bits per heavy atom. The third kappa shape index (κ3) is 4.60. The first-order valence-electron chi connectivity index (χ1n) is 7.84. The number of rotatable bonds is 6. The number of ether oxygens (including phenoxy) is 1. The lowest BCUT2D eigenvalue weighted by Gasteiger charge is -2.11. The molecule has 7 heteroatoms. The third-order valence-electron chi connectivity index (χ3n) is 3.56. The van der Waals surface area contributed by atoms with Crippen molar-refractivity contribution in [2.24, 2.45) is 4.99 Å². The lowest BCUT2D eigenvalue weighted by Crippen LogP contribution is -2.36. The van der Waals surface area contributed by atoms with Crippen LogP contribution < -0.4 is 15.4 Å². The van der Waals surface area contributed by atoms with Gasteiger partial charge in [0.25, 0.3) is 0 Å². The van der Waals surface area contributed by atoms with E-state index in [0.29, 0.717) is 24.9 Å². The zero-order valence-electron chi connectivity index (χ0n) is 14.2. The molecule has 0 radical (unpaired) electrons. The number of aliphatic imine (C=N–C) groups is 1. The molecule has 25 heavy (non-hydrogen) atoms. The van der Waals surface area contributed by atoms with Crippen LogP contribution in [0.5, 0.6) is 5.75 Å². The Labute approximate surface area is 150 Å². The number of guanidine groups is 1. The van der Waals surface area contributed by atoms with E-state index in [-0.39, 0.29) is 0 Å². The molecule has 0 saturated heterocycles. The van der Waals surface area contributed by atoms with Crippen molar-refractivity contribution in [3.05, 3.63) is 59.3 Å². The van der Waals surface area contributed by atoms with Gasteiger partial charge in [0.05, 0.1) is 24.2 Å². The molecular weight excluding hydrogens is 336 g/mol. The van der Waals surface area contributed by atoms with Gasteiger partial charge >= 0.3 is 0 Å². The summed E-state index contributed by atoms with van der Waals surface area (Å²) < 4.78 is 10.7. The lowest BCUT2D eigenvalue weighted by molar-refractivity contribution is 0.414. The normalized spacial score (nSPS) is 11.4. The predicted octanol–water partition coefficient (Wildman–Crippen LogP) is 3.28. The summed E-state index contributed by atoms with van der Waals surface area (Å²) in [7, 11) is 3.40. The number of hydrogen-bond donors (Lipinski definition) is 2. The Morgan fingerprint density at radius 2 is 2.00 bits per heavy atom. The second kappa shape index (κ2) is 8.34. The highest BCUT2D eigenvalue weighted by molar-refractivity contribution is 7.13. The second-order valence-electron chi connectivity index (χ2n) is 5.25. The van der Waals surface area contributed by atoms with E-state index in [0.717, 1.165) is 21.9 Å². The van der Waals surface area contributed by atoms with Crippen molar-refractivity contribution in [2.45, 2.75) is 13.1 Å². The van der Waals surface area contributed by atoms with Crippen LogP contribution in [-0.4, -0.2) is 25.1 Å². The van der Waals surface area contributed by atoms with Gasteiger partial charge in [0, 0.05) is 13.6 Å². The molecule has 0 saturated carbocycles. The highest BCUT2D eigenvalue weighted by Crippen LogP contribution is 2.23. The molecule has 0 unspecified atom stereocenters. The third-order valence-corrected chi connectivity index (χ3v) is 4.42. The standard InChI is InChI=1S/C18H20N4O2S/c1-19-18(20-10-13-5-7-15(23-2)8-6-13)21-11-14-12-24-17(22-14)16-4-3-9-25-16/h3-9,12H,10-11H2,1-2H3,(H2,19,20,21). The SMILES string of the molecule is CN=C(NCc1ccc(OC)cc1)NCc1coc(-c2cccs2)n1. The minimum absolute atomic E-state index is 0.539. The first-order valence-corrected chi connectivity index (χ1v) is 8.72. The largest absolute Gasteiger partial charge is 0.497 e. The number of nitrogens with one attached hydrogen (secondary N) is 2. The van der Waals surface area contributed by atoms with Crippen molar-refractivity contribution in [1.29, 1.82) is 0 Å². The van der Waals surface area contributed by atoms with Crippen LogP contribution >= 0.6 is 11.3 Å². The van der Waals surface area contributed by atoms with Gasteiger partial charge in [-0.3, -0.25) is 4.99 Å². The Kier molecular flexibility index (Phi) is 5.69. The van der Waals surface area contributed by atoms with Crippen LogP contribution in [0.3, 0.4) is 0 Å². The van der Waals surface area contributed by atoms with E-state index in [1.165, 1.54) is 0 Å². The molecule has 0 aliphatic carbocycles. The highest BCUT2D eigenvalue weighted by Gasteiger charge is 2.08. The van der Waals surface area contributed by atoms with Gasteiger partial charge in [0.1, 0.15) is 12.0 Å². The molecule has 2 N–H and O–H groups in total. The molecule has 2 heterocycles. The molecule has 0 atom stereocenters. The molecule has 3 rings (SSSR count). The second-order valence-corrected chi connectivity index (χ2v) is 6.20. The summed E-state index contributed by atoms with van der Waals surface area (Å²) in [5.41, 5.74) is 1.97.